The zero-order chi connectivity index (χ0) is 13.8. The highest BCUT2D eigenvalue weighted by Crippen LogP contribution is 2.18. The quantitative estimate of drug-likeness (QED) is 0.741. The van der Waals surface area contributed by atoms with Crippen LogP contribution in [-0.2, 0) is 9.53 Å². The molecule has 1 heterocycles. The Balaban J connectivity index is 1.96. The van der Waals surface area contributed by atoms with E-state index in [1.807, 2.05) is 0 Å². The summed E-state index contributed by atoms with van der Waals surface area (Å²) >= 11 is 0. The minimum absolute atomic E-state index is 0.0207. The smallest absolute Gasteiger partial charge is 0.376 e. The van der Waals surface area contributed by atoms with Crippen molar-refractivity contribution in [2.75, 3.05) is 19.0 Å². The molecule has 0 aromatic carbocycles. The van der Waals surface area contributed by atoms with Crippen molar-refractivity contribution in [1.29, 1.82) is 0 Å². The van der Waals surface area contributed by atoms with Gasteiger partial charge >= 0.3 is 5.97 Å². The number of nitrogens with one attached hydrogen (secondary N) is 2. The summed E-state index contributed by atoms with van der Waals surface area (Å²) in [4.78, 5) is 30.8. The average molecular weight is 264 g/mol. The lowest BCUT2D eigenvalue weighted by Gasteiger charge is -2.08. The highest BCUT2D eigenvalue weighted by Gasteiger charge is 2.23. The van der Waals surface area contributed by atoms with Crippen molar-refractivity contribution in [1.82, 2.24) is 15.3 Å². The van der Waals surface area contributed by atoms with E-state index in [0.717, 1.165) is 12.8 Å². The predicted molar refractivity (Wildman–Crippen MR) is 67.8 cm³/mol. The summed E-state index contributed by atoms with van der Waals surface area (Å²) in [5.41, 5.74) is 0.625. The van der Waals surface area contributed by atoms with E-state index in [9.17, 15) is 9.59 Å². The second kappa shape index (κ2) is 5.64. The van der Waals surface area contributed by atoms with Gasteiger partial charge in [0, 0.05) is 17.8 Å². The van der Waals surface area contributed by atoms with E-state index in [4.69, 9.17) is 0 Å². The van der Waals surface area contributed by atoms with Crippen molar-refractivity contribution in [3.8, 4) is 0 Å². The third kappa shape index (κ3) is 3.90. The monoisotopic (exact) mass is 264 g/mol. The van der Waals surface area contributed by atoms with Crippen LogP contribution in [0, 0.1) is 6.92 Å². The zero-order valence-corrected chi connectivity index (χ0v) is 10.9. The maximum Gasteiger partial charge on any atom is 0.376 e. The topological polar surface area (TPSA) is 93.2 Å². The number of anilines is 1. The molecule has 1 aromatic rings. The highest BCUT2D eigenvalue weighted by molar-refractivity contribution is 5.85. The summed E-state index contributed by atoms with van der Waals surface area (Å²) in [6.45, 7) is 1.86. The van der Waals surface area contributed by atoms with Gasteiger partial charge in [0.1, 0.15) is 5.82 Å². The molecule has 102 valence electrons. The molecule has 1 aliphatic carbocycles. The lowest BCUT2D eigenvalue weighted by atomic mass is 10.4. The lowest BCUT2D eigenvalue weighted by Crippen LogP contribution is -2.31. The van der Waals surface area contributed by atoms with Crippen LogP contribution in [0.4, 0.5) is 5.82 Å². The van der Waals surface area contributed by atoms with E-state index >= 15 is 0 Å². The third-order valence-corrected chi connectivity index (χ3v) is 2.59. The third-order valence-electron chi connectivity index (χ3n) is 2.59. The van der Waals surface area contributed by atoms with Crippen molar-refractivity contribution in [2.24, 2.45) is 0 Å². The zero-order valence-electron chi connectivity index (χ0n) is 10.9. The number of rotatable bonds is 5. The Labute approximate surface area is 110 Å². The second-order valence-electron chi connectivity index (χ2n) is 4.41. The lowest BCUT2D eigenvalue weighted by molar-refractivity contribution is -0.119. The van der Waals surface area contributed by atoms with Crippen LogP contribution in [0.5, 0.6) is 0 Å². The summed E-state index contributed by atoms with van der Waals surface area (Å²) in [5, 5.41) is 5.72. The van der Waals surface area contributed by atoms with Crippen molar-refractivity contribution >= 4 is 17.7 Å². The Morgan fingerprint density at radius 2 is 2.16 bits per heavy atom. The maximum absolute atomic E-state index is 11.5. The fourth-order valence-corrected chi connectivity index (χ4v) is 1.52. The van der Waals surface area contributed by atoms with Gasteiger partial charge in [0.2, 0.25) is 11.7 Å². The number of esters is 1. The second-order valence-corrected chi connectivity index (χ2v) is 4.41. The van der Waals surface area contributed by atoms with Crippen LogP contribution in [0.15, 0.2) is 6.07 Å². The standard InChI is InChI=1S/C12H16N4O3/c1-7-5-9(16-11(14-7)12(18)19-2)13-6-10(17)15-8-3-4-8/h5,8H,3-4,6H2,1-2H3,(H,15,17)(H,13,14,16). The average Bonchev–Trinajstić information content (AvgIpc) is 3.18. The van der Waals surface area contributed by atoms with Crippen LogP contribution in [0.3, 0.4) is 0 Å². The van der Waals surface area contributed by atoms with Crippen LogP contribution in [0.1, 0.15) is 29.2 Å². The Morgan fingerprint density at radius 3 is 2.79 bits per heavy atom. The Bertz CT molecular complexity index is 500. The van der Waals surface area contributed by atoms with Gasteiger partial charge in [0.25, 0.3) is 0 Å². The molecular weight excluding hydrogens is 248 g/mol. The molecule has 0 atom stereocenters. The summed E-state index contributed by atoms with van der Waals surface area (Å²) in [5.74, 6) is -0.279. The number of carbonyl (C=O) groups is 2. The first-order valence-electron chi connectivity index (χ1n) is 6.05. The molecular formula is C12H16N4O3. The first kappa shape index (κ1) is 13.3. The summed E-state index contributed by atoms with van der Waals surface area (Å²) in [6.07, 6.45) is 2.09. The van der Waals surface area contributed by atoms with Crippen molar-refractivity contribution in [2.45, 2.75) is 25.8 Å². The summed E-state index contributed by atoms with van der Waals surface area (Å²) in [6, 6.07) is 1.99. The number of aryl methyl sites for hydroxylation is 1. The number of carbonyl (C=O) groups excluding carboxylic acids is 2. The van der Waals surface area contributed by atoms with E-state index in [2.05, 4.69) is 25.3 Å². The molecule has 2 rings (SSSR count). The number of amides is 1. The molecule has 0 aliphatic heterocycles. The molecule has 7 heteroatoms. The first-order valence-corrected chi connectivity index (χ1v) is 6.05. The number of aromatic nitrogens is 2. The molecule has 1 fully saturated rings. The minimum atomic E-state index is -0.603. The molecule has 19 heavy (non-hydrogen) atoms. The van der Waals surface area contributed by atoms with Gasteiger partial charge in [-0.2, -0.15) is 0 Å². The number of ether oxygens (including phenoxy) is 1. The van der Waals surface area contributed by atoms with E-state index in [0.29, 0.717) is 17.6 Å². The molecule has 1 aromatic heterocycles. The van der Waals surface area contributed by atoms with Gasteiger partial charge in [-0.3, -0.25) is 4.79 Å². The molecule has 0 unspecified atom stereocenters. The summed E-state index contributed by atoms with van der Waals surface area (Å²) in [7, 11) is 1.27. The minimum Gasteiger partial charge on any atom is -0.463 e. The molecule has 7 nitrogen and oxygen atoms in total. The highest BCUT2D eigenvalue weighted by atomic mass is 16.5. The predicted octanol–water partition coefficient (Wildman–Crippen LogP) is 0.262. The molecule has 1 amide bonds. The van der Waals surface area contributed by atoms with Gasteiger partial charge in [0.15, 0.2) is 0 Å². The maximum atomic E-state index is 11.5. The van der Waals surface area contributed by atoms with E-state index in [1.165, 1.54) is 7.11 Å². The molecule has 1 aliphatic rings. The molecule has 0 spiro atoms. The Morgan fingerprint density at radius 1 is 1.42 bits per heavy atom. The number of nitrogens with zero attached hydrogens (tertiary/aromatic N) is 2. The molecule has 0 bridgehead atoms. The van der Waals surface area contributed by atoms with Crippen molar-refractivity contribution < 1.29 is 14.3 Å². The van der Waals surface area contributed by atoms with Gasteiger partial charge in [-0.05, 0) is 19.8 Å². The molecule has 0 saturated heterocycles. The SMILES string of the molecule is COC(=O)c1nc(C)cc(NCC(=O)NC2CC2)n1. The number of hydrogen-bond acceptors (Lipinski definition) is 6. The van der Waals surface area contributed by atoms with Gasteiger partial charge in [0.05, 0.1) is 13.7 Å². The van der Waals surface area contributed by atoms with Gasteiger partial charge in [-0.25, -0.2) is 14.8 Å². The van der Waals surface area contributed by atoms with Gasteiger partial charge in [-0.15, -0.1) is 0 Å². The molecule has 1 saturated carbocycles. The largest absolute Gasteiger partial charge is 0.463 e. The fraction of sp³-hybridized carbons (Fsp3) is 0.500. The van der Waals surface area contributed by atoms with Crippen LogP contribution >= 0.6 is 0 Å². The molecule has 2 N–H and O–H groups in total. The van der Waals surface area contributed by atoms with Crippen LogP contribution in [0.2, 0.25) is 0 Å². The van der Waals surface area contributed by atoms with Crippen molar-refractivity contribution in [3.05, 3.63) is 17.6 Å². The molecule has 0 radical (unpaired) electrons. The number of methoxy groups -OCH3 is 1. The van der Waals surface area contributed by atoms with E-state index in [1.54, 1.807) is 13.0 Å². The Hall–Kier alpha value is -2.18. The van der Waals surface area contributed by atoms with Gasteiger partial charge < -0.3 is 15.4 Å². The van der Waals surface area contributed by atoms with Gasteiger partial charge in [-0.1, -0.05) is 0 Å². The van der Waals surface area contributed by atoms with Crippen LogP contribution in [-0.4, -0.2) is 41.5 Å². The van der Waals surface area contributed by atoms with E-state index in [-0.39, 0.29) is 18.3 Å². The summed E-state index contributed by atoms with van der Waals surface area (Å²) < 4.78 is 4.56. The van der Waals surface area contributed by atoms with Crippen molar-refractivity contribution in [3.63, 3.8) is 0 Å². The first-order chi connectivity index (χ1) is 9.08. The fourth-order valence-electron chi connectivity index (χ4n) is 1.52. The van der Waals surface area contributed by atoms with E-state index < -0.39 is 5.97 Å². The van der Waals surface area contributed by atoms with Crippen LogP contribution in [0.25, 0.3) is 0 Å². The number of hydrogen-bond donors (Lipinski definition) is 2. The Kier molecular flexibility index (Phi) is 3.94. The van der Waals surface area contributed by atoms with Crippen LogP contribution < -0.4 is 10.6 Å². The normalized spacial score (nSPS) is 13.8.